The molecule has 0 saturated heterocycles. The third-order valence-electron chi connectivity index (χ3n) is 11.9. The van der Waals surface area contributed by atoms with E-state index in [0.29, 0.717) is 16.5 Å². The summed E-state index contributed by atoms with van der Waals surface area (Å²) in [6.45, 7) is -0.0361. The summed E-state index contributed by atoms with van der Waals surface area (Å²) in [5, 5.41) is 9.22. The van der Waals surface area contributed by atoms with Crippen LogP contribution in [0.15, 0.2) is 121 Å². The molecule has 224 valence electrons. The smallest absolute Gasteiger partial charge is 0.252 e. The maximum atomic E-state index is 7.01. The molecule has 4 heterocycles. The Bertz CT molecular complexity index is 3290. The molecule has 2 aromatic heterocycles. The molecule has 8 aromatic carbocycles. The summed E-state index contributed by atoms with van der Waals surface area (Å²) in [6, 6.07) is 44.1. The fourth-order valence-electron chi connectivity index (χ4n) is 9.78. The van der Waals surface area contributed by atoms with Gasteiger partial charge in [-0.3, -0.25) is 0 Å². The highest BCUT2D eigenvalue weighted by molar-refractivity contribution is 7.00. The van der Waals surface area contributed by atoms with Gasteiger partial charge < -0.3 is 9.13 Å². The van der Waals surface area contributed by atoms with E-state index < -0.39 is 0 Å². The van der Waals surface area contributed by atoms with Crippen LogP contribution in [0, 0.1) is 0 Å². The number of aromatic nitrogens is 2. The van der Waals surface area contributed by atoms with Crippen LogP contribution in [0.25, 0.3) is 87.7 Å². The quantitative estimate of drug-likeness (QED) is 0.193. The van der Waals surface area contributed by atoms with Crippen molar-refractivity contribution in [2.45, 2.75) is 0 Å². The first kappa shape index (κ1) is 28.9. The highest BCUT2D eigenvalue weighted by Crippen LogP contribution is 2.47. The summed E-state index contributed by atoms with van der Waals surface area (Å²) in [5.74, 6) is 0. The summed E-state index contributed by atoms with van der Waals surface area (Å²) in [7, 11) is 33.7. The minimum atomic E-state index is -0.0361. The summed E-state index contributed by atoms with van der Waals surface area (Å²) in [5.41, 5.74) is 13.5. The first-order chi connectivity index (χ1) is 25.4. The zero-order valence-electron chi connectivity index (χ0n) is 27.9. The normalized spacial score (nSPS) is 13.0. The van der Waals surface area contributed by atoms with Gasteiger partial charge in [0.2, 0.25) is 0 Å². The predicted octanol–water partition coefficient (Wildman–Crippen LogP) is 2.97. The fourth-order valence-corrected chi connectivity index (χ4v) is 9.78. The maximum absolute atomic E-state index is 7.01. The van der Waals surface area contributed by atoms with E-state index in [1.807, 2.05) is 0 Å². The molecule has 0 atom stereocenters. The highest BCUT2D eigenvalue weighted by atomic mass is 15.0. The van der Waals surface area contributed by atoms with Gasteiger partial charge >= 0.3 is 0 Å². The van der Waals surface area contributed by atoms with Crippen molar-refractivity contribution in [2.75, 3.05) is 0 Å². The lowest BCUT2D eigenvalue weighted by atomic mass is 9.34. The maximum Gasteiger partial charge on any atom is 0.252 e. The van der Waals surface area contributed by atoms with E-state index >= 15 is 0 Å². The number of hydrogen-bond acceptors (Lipinski definition) is 0. The third-order valence-corrected chi connectivity index (χ3v) is 11.9. The van der Waals surface area contributed by atoms with Crippen LogP contribution < -0.4 is 43.7 Å². The molecule has 10 aromatic rings. The van der Waals surface area contributed by atoms with Crippen LogP contribution in [0.5, 0.6) is 0 Å². The molecule has 10 radical (unpaired) electrons. The van der Waals surface area contributed by atoms with Crippen molar-refractivity contribution in [3.63, 3.8) is 0 Å². The van der Waals surface area contributed by atoms with Crippen molar-refractivity contribution < 1.29 is 0 Å². The van der Waals surface area contributed by atoms with Gasteiger partial charge in [0.1, 0.15) is 39.2 Å². The van der Waals surface area contributed by atoms with Crippen molar-refractivity contribution >= 4 is 155 Å². The summed E-state index contributed by atoms with van der Waals surface area (Å²) >= 11 is 0. The lowest BCUT2D eigenvalue weighted by molar-refractivity contribution is 1.17. The molecular weight excluding hydrogens is 621 g/mol. The second-order valence-electron chi connectivity index (χ2n) is 14.3. The minimum absolute atomic E-state index is 0.0361. The Kier molecular flexibility index (Phi) is 5.43. The van der Waals surface area contributed by atoms with Crippen LogP contribution in [-0.4, -0.2) is 55.1 Å². The van der Waals surface area contributed by atoms with Crippen molar-refractivity contribution in [2.24, 2.45) is 0 Å². The molecule has 0 bridgehead atoms. The van der Waals surface area contributed by atoms with Gasteiger partial charge in [0, 0.05) is 38.5 Å². The zero-order valence-corrected chi connectivity index (χ0v) is 27.9. The first-order valence-corrected chi connectivity index (χ1v) is 17.5. The number of benzene rings is 8. The van der Waals surface area contributed by atoms with Crippen LogP contribution >= 0.6 is 0 Å². The average molecular weight is 642 g/mol. The van der Waals surface area contributed by atoms with Crippen LogP contribution in [0.4, 0.5) is 0 Å². The number of nitrogens with zero attached hydrogens (tertiary/aromatic N) is 2. The Hall–Kier alpha value is -5.73. The monoisotopic (exact) mass is 642 g/mol. The van der Waals surface area contributed by atoms with Crippen LogP contribution in [0.1, 0.15) is 0 Å². The Morgan fingerprint density at radius 3 is 1.63 bits per heavy atom. The molecule has 2 aliphatic rings. The predicted molar refractivity (Wildman–Crippen MR) is 227 cm³/mol. The lowest BCUT2D eigenvalue weighted by Gasteiger charge is -2.34. The van der Waals surface area contributed by atoms with Crippen LogP contribution in [0.3, 0.4) is 0 Å². The summed E-state index contributed by atoms with van der Waals surface area (Å²) < 4.78 is 4.91. The Morgan fingerprint density at radius 1 is 0.404 bits per heavy atom. The molecule has 8 heteroatoms. The van der Waals surface area contributed by atoms with E-state index in [0.717, 1.165) is 60.5 Å². The molecule has 0 amide bonds. The zero-order chi connectivity index (χ0) is 34.7. The molecule has 0 spiro atoms. The topological polar surface area (TPSA) is 9.86 Å². The van der Waals surface area contributed by atoms with Crippen molar-refractivity contribution in [1.82, 2.24) is 9.13 Å². The van der Waals surface area contributed by atoms with Crippen molar-refractivity contribution in [3.8, 4) is 22.5 Å². The largest absolute Gasteiger partial charge is 0.310 e. The van der Waals surface area contributed by atoms with Crippen LogP contribution in [0.2, 0.25) is 0 Å². The van der Waals surface area contributed by atoms with Gasteiger partial charge in [-0.1, -0.05) is 108 Å². The molecule has 12 rings (SSSR count). The van der Waals surface area contributed by atoms with Gasteiger partial charge in [0.15, 0.2) is 0 Å². The first-order valence-electron chi connectivity index (χ1n) is 17.5. The standard InChI is InChI=1S/C44H20B6N2/c45-37-36(38(46)40(48)41(49)39(37)47)35-33-24-11-3-6-14-29(24)51-31-16-8-5-13-27(31)50-28-19-22-18-17-21-9-1-2-10-23(21)26(22)20-32(28)52-30-15-7-4-12-25(30)34(35)44(52)42(50)43(33)51/h1-20H. The number of para-hydroxylation sites is 3. The van der Waals surface area contributed by atoms with Gasteiger partial charge in [-0.15, -0.1) is 16.4 Å². The number of rotatable bonds is 1. The SMILES string of the molecule is [B]c1c([B])c([B])c(-c2c3c4ccccc4n4c3c3c5c2c2ccccc2n5-c2cc5c(ccc6ccccc65)cc2B3c2ccccc2-4)c([B])c1[B]. The van der Waals surface area contributed by atoms with Crippen LogP contribution in [-0.2, 0) is 0 Å². The third kappa shape index (κ3) is 3.27. The number of fused-ring (bicyclic) bond motifs is 15. The molecule has 0 saturated carbocycles. The molecule has 0 aliphatic carbocycles. The summed E-state index contributed by atoms with van der Waals surface area (Å²) in [4.78, 5) is 0. The fraction of sp³-hybridized carbons (Fsp3) is 0. The van der Waals surface area contributed by atoms with Gasteiger partial charge in [-0.25, -0.2) is 0 Å². The molecule has 2 nitrogen and oxygen atoms in total. The summed E-state index contributed by atoms with van der Waals surface area (Å²) in [6.07, 6.45) is 0. The average Bonchev–Trinajstić information content (AvgIpc) is 3.72. The van der Waals surface area contributed by atoms with E-state index in [4.69, 9.17) is 39.2 Å². The lowest BCUT2D eigenvalue weighted by Crippen LogP contribution is -2.59. The van der Waals surface area contributed by atoms with E-state index in [1.165, 1.54) is 37.9 Å². The van der Waals surface area contributed by atoms with E-state index in [9.17, 15) is 0 Å². The van der Waals surface area contributed by atoms with Crippen molar-refractivity contribution in [3.05, 3.63) is 121 Å². The Morgan fingerprint density at radius 2 is 0.942 bits per heavy atom. The van der Waals surface area contributed by atoms with E-state index in [2.05, 4.69) is 130 Å². The molecule has 52 heavy (non-hydrogen) atoms. The number of hydrogen-bond donors (Lipinski definition) is 0. The highest BCUT2D eigenvalue weighted by Gasteiger charge is 2.42. The van der Waals surface area contributed by atoms with Gasteiger partial charge in [-0.05, 0) is 67.8 Å². The molecule has 2 aliphatic heterocycles. The molecule has 0 fully saturated rings. The van der Waals surface area contributed by atoms with Gasteiger partial charge in [0.05, 0.1) is 22.1 Å². The minimum Gasteiger partial charge on any atom is -0.310 e. The van der Waals surface area contributed by atoms with Gasteiger partial charge in [0.25, 0.3) is 6.71 Å². The Labute approximate surface area is 306 Å². The molecule has 0 N–H and O–H groups in total. The van der Waals surface area contributed by atoms with E-state index in [-0.39, 0.29) is 23.1 Å². The molecule has 0 unspecified atom stereocenters. The van der Waals surface area contributed by atoms with Gasteiger partial charge in [-0.2, -0.15) is 0 Å². The molecular formula is C44H20B6N2. The van der Waals surface area contributed by atoms with Crippen molar-refractivity contribution in [1.29, 1.82) is 0 Å². The Balaban J connectivity index is 1.43. The second kappa shape index (κ2) is 9.77. The van der Waals surface area contributed by atoms with E-state index in [1.54, 1.807) is 0 Å². The second-order valence-corrected chi connectivity index (χ2v) is 14.3.